The summed E-state index contributed by atoms with van der Waals surface area (Å²) in [6, 6.07) is 4.17. The van der Waals surface area contributed by atoms with E-state index in [1.807, 2.05) is 6.92 Å². The van der Waals surface area contributed by atoms with Gasteiger partial charge in [-0.3, -0.25) is 0 Å². The third-order valence-corrected chi connectivity index (χ3v) is 2.86. The van der Waals surface area contributed by atoms with Crippen LogP contribution in [0.5, 0.6) is 0 Å². The molecule has 1 atom stereocenters. The molecule has 1 unspecified atom stereocenters. The Morgan fingerprint density at radius 1 is 1.22 bits per heavy atom. The molecule has 0 saturated heterocycles. The molecule has 0 fully saturated rings. The van der Waals surface area contributed by atoms with Crippen LogP contribution in [-0.2, 0) is 11.3 Å². The fourth-order valence-corrected chi connectivity index (χ4v) is 1.63. The summed E-state index contributed by atoms with van der Waals surface area (Å²) in [4.78, 5) is 0. The van der Waals surface area contributed by atoms with Crippen molar-refractivity contribution < 1.29 is 13.5 Å². The lowest BCUT2D eigenvalue weighted by Gasteiger charge is -2.22. The van der Waals surface area contributed by atoms with Crippen molar-refractivity contribution in [3.05, 3.63) is 35.4 Å². The number of halogens is 2. The third-order valence-electron chi connectivity index (χ3n) is 2.86. The molecular weight excluding hydrogens is 236 g/mol. The molecule has 0 radical (unpaired) electrons. The van der Waals surface area contributed by atoms with Gasteiger partial charge in [0, 0.05) is 19.2 Å². The maximum Gasteiger partial charge on any atom is 0.159 e. The zero-order chi connectivity index (χ0) is 13.5. The minimum absolute atomic E-state index is 0.207. The average molecular weight is 257 g/mol. The molecule has 0 aliphatic rings. The highest BCUT2D eigenvalue weighted by Gasteiger charge is 2.13. The molecule has 18 heavy (non-hydrogen) atoms. The maximum absolute atomic E-state index is 13.0. The second-order valence-electron chi connectivity index (χ2n) is 4.64. The standard InChI is InChI=1S/C14H21F2NO/c1-4-18-9-14(10(2)3)17-8-11-5-6-12(15)13(16)7-11/h5-7,10,14,17H,4,8-9H2,1-3H3. The van der Waals surface area contributed by atoms with E-state index < -0.39 is 11.6 Å². The molecule has 2 nitrogen and oxygen atoms in total. The molecule has 1 aromatic carbocycles. The van der Waals surface area contributed by atoms with Crippen molar-refractivity contribution in [3.63, 3.8) is 0 Å². The Morgan fingerprint density at radius 2 is 1.94 bits per heavy atom. The molecule has 0 aliphatic heterocycles. The van der Waals surface area contributed by atoms with Crippen molar-refractivity contribution in [3.8, 4) is 0 Å². The Hall–Kier alpha value is -1.00. The molecule has 0 amide bonds. The Kier molecular flexibility index (Phi) is 6.22. The van der Waals surface area contributed by atoms with Gasteiger partial charge in [0.25, 0.3) is 0 Å². The molecule has 0 aromatic heterocycles. The van der Waals surface area contributed by atoms with E-state index in [-0.39, 0.29) is 6.04 Å². The van der Waals surface area contributed by atoms with Crippen molar-refractivity contribution in [2.24, 2.45) is 5.92 Å². The zero-order valence-corrected chi connectivity index (χ0v) is 11.2. The number of hydrogen-bond donors (Lipinski definition) is 1. The zero-order valence-electron chi connectivity index (χ0n) is 11.2. The summed E-state index contributed by atoms with van der Waals surface area (Å²) in [5.74, 6) is -1.20. The Balaban J connectivity index is 2.52. The number of benzene rings is 1. The van der Waals surface area contributed by atoms with Crippen LogP contribution in [0.2, 0.25) is 0 Å². The van der Waals surface area contributed by atoms with Gasteiger partial charge in [0.05, 0.1) is 6.61 Å². The smallest absolute Gasteiger partial charge is 0.159 e. The van der Waals surface area contributed by atoms with Crippen molar-refractivity contribution in [1.29, 1.82) is 0 Å². The molecule has 0 aliphatic carbocycles. The highest BCUT2D eigenvalue weighted by Crippen LogP contribution is 2.10. The summed E-state index contributed by atoms with van der Waals surface area (Å²) in [5, 5.41) is 3.30. The fraction of sp³-hybridized carbons (Fsp3) is 0.571. The van der Waals surface area contributed by atoms with E-state index >= 15 is 0 Å². The van der Waals surface area contributed by atoms with E-state index in [9.17, 15) is 8.78 Å². The summed E-state index contributed by atoms with van der Waals surface area (Å²) in [5.41, 5.74) is 0.732. The predicted molar refractivity (Wildman–Crippen MR) is 68.3 cm³/mol. The van der Waals surface area contributed by atoms with Crippen LogP contribution in [0.15, 0.2) is 18.2 Å². The van der Waals surface area contributed by atoms with Gasteiger partial charge in [-0.2, -0.15) is 0 Å². The van der Waals surface area contributed by atoms with Crippen LogP contribution in [0, 0.1) is 17.6 Å². The molecule has 4 heteroatoms. The van der Waals surface area contributed by atoms with Crippen LogP contribution >= 0.6 is 0 Å². The van der Waals surface area contributed by atoms with Gasteiger partial charge in [0.2, 0.25) is 0 Å². The predicted octanol–water partition coefficient (Wildman–Crippen LogP) is 3.12. The van der Waals surface area contributed by atoms with Gasteiger partial charge in [-0.1, -0.05) is 19.9 Å². The fourth-order valence-electron chi connectivity index (χ4n) is 1.63. The Bertz CT molecular complexity index is 369. The quantitative estimate of drug-likeness (QED) is 0.810. The molecular formula is C14H21F2NO. The first-order valence-electron chi connectivity index (χ1n) is 6.29. The van der Waals surface area contributed by atoms with Gasteiger partial charge in [0.1, 0.15) is 0 Å². The van der Waals surface area contributed by atoms with Crippen LogP contribution < -0.4 is 5.32 Å². The van der Waals surface area contributed by atoms with Crippen LogP contribution in [0.3, 0.4) is 0 Å². The van der Waals surface area contributed by atoms with Crippen molar-refractivity contribution in [2.45, 2.75) is 33.4 Å². The second-order valence-corrected chi connectivity index (χ2v) is 4.64. The van der Waals surface area contributed by atoms with Gasteiger partial charge >= 0.3 is 0 Å². The largest absolute Gasteiger partial charge is 0.380 e. The second kappa shape index (κ2) is 7.44. The van der Waals surface area contributed by atoms with E-state index in [4.69, 9.17) is 4.74 Å². The normalized spacial score (nSPS) is 13.0. The maximum atomic E-state index is 13.0. The van der Waals surface area contributed by atoms with E-state index in [1.165, 1.54) is 6.07 Å². The lowest BCUT2D eigenvalue weighted by molar-refractivity contribution is 0.108. The molecule has 102 valence electrons. The highest BCUT2D eigenvalue weighted by atomic mass is 19.2. The molecule has 1 aromatic rings. The van der Waals surface area contributed by atoms with Gasteiger partial charge in [-0.25, -0.2) is 8.78 Å². The molecule has 1 N–H and O–H groups in total. The minimum atomic E-state index is -0.812. The van der Waals surface area contributed by atoms with Crippen molar-refractivity contribution >= 4 is 0 Å². The monoisotopic (exact) mass is 257 g/mol. The lowest BCUT2D eigenvalue weighted by atomic mass is 10.0. The first-order valence-corrected chi connectivity index (χ1v) is 6.29. The Morgan fingerprint density at radius 3 is 2.50 bits per heavy atom. The van der Waals surface area contributed by atoms with Crippen LogP contribution in [-0.4, -0.2) is 19.3 Å². The average Bonchev–Trinajstić information content (AvgIpc) is 2.33. The first-order chi connectivity index (χ1) is 8.54. The molecule has 0 spiro atoms. The van der Waals surface area contributed by atoms with Crippen molar-refractivity contribution in [2.75, 3.05) is 13.2 Å². The summed E-state index contributed by atoms with van der Waals surface area (Å²) < 4.78 is 31.2. The molecule has 0 bridgehead atoms. The number of nitrogens with one attached hydrogen (secondary N) is 1. The third kappa shape index (κ3) is 4.70. The number of rotatable bonds is 7. The summed E-state index contributed by atoms with van der Waals surface area (Å²) in [6.07, 6.45) is 0. The molecule has 0 saturated carbocycles. The lowest BCUT2D eigenvalue weighted by Crippen LogP contribution is -2.37. The summed E-state index contributed by atoms with van der Waals surface area (Å²) in [7, 11) is 0. The van der Waals surface area contributed by atoms with Crippen LogP contribution in [0.25, 0.3) is 0 Å². The Labute approximate surface area is 107 Å². The van der Waals surface area contributed by atoms with Gasteiger partial charge in [-0.15, -0.1) is 0 Å². The summed E-state index contributed by atoms with van der Waals surface area (Å²) >= 11 is 0. The number of hydrogen-bond acceptors (Lipinski definition) is 2. The van der Waals surface area contributed by atoms with Gasteiger partial charge in [-0.05, 0) is 30.5 Å². The minimum Gasteiger partial charge on any atom is -0.380 e. The van der Waals surface area contributed by atoms with Gasteiger partial charge in [0.15, 0.2) is 11.6 Å². The number of ether oxygens (including phenoxy) is 1. The van der Waals surface area contributed by atoms with E-state index in [2.05, 4.69) is 19.2 Å². The van der Waals surface area contributed by atoms with Gasteiger partial charge < -0.3 is 10.1 Å². The highest BCUT2D eigenvalue weighted by molar-refractivity contribution is 5.17. The SMILES string of the molecule is CCOCC(NCc1ccc(F)c(F)c1)C(C)C. The molecule has 0 heterocycles. The summed E-state index contributed by atoms with van der Waals surface area (Å²) in [6.45, 7) is 7.96. The first kappa shape index (κ1) is 15.1. The topological polar surface area (TPSA) is 21.3 Å². The van der Waals surface area contributed by atoms with E-state index in [0.29, 0.717) is 25.7 Å². The van der Waals surface area contributed by atoms with Crippen LogP contribution in [0.4, 0.5) is 8.78 Å². The van der Waals surface area contributed by atoms with Crippen LogP contribution in [0.1, 0.15) is 26.3 Å². The molecule has 1 rings (SSSR count). The van der Waals surface area contributed by atoms with Crippen molar-refractivity contribution in [1.82, 2.24) is 5.32 Å². The van der Waals surface area contributed by atoms with E-state index in [0.717, 1.165) is 11.6 Å². The van der Waals surface area contributed by atoms with E-state index in [1.54, 1.807) is 6.07 Å².